The van der Waals surface area contributed by atoms with Gasteiger partial charge >= 0.3 is 0 Å². The summed E-state index contributed by atoms with van der Waals surface area (Å²) in [7, 11) is -0.932. The fourth-order valence-electron chi connectivity index (χ4n) is 1.02. The van der Waals surface area contributed by atoms with Gasteiger partial charge in [0.25, 0.3) is 0 Å². The van der Waals surface area contributed by atoms with Crippen molar-refractivity contribution in [1.82, 2.24) is 0 Å². The molecule has 0 rings (SSSR count). The molecule has 0 heterocycles. The van der Waals surface area contributed by atoms with Crippen LogP contribution >= 0.6 is 0 Å². The van der Waals surface area contributed by atoms with Crippen LogP contribution in [-0.2, 0) is 8.85 Å². The molecule has 0 bridgehead atoms. The lowest BCUT2D eigenvalue weighted by Gasteiger charge is -2.20. The summed E-state index contributed by atoms with van der Waals surface area (Å²) in [6.07, 6.45) is 0. The number of rotatable bonds is 6. The molecule has 0 spiro atoms. The second-order valence-corrected chi connectivity index (χ2v) is 18.3. The van der Waals surface area contributed by atoms with Gasteiger partial charge in [-0.2, -0.15) is 0 Å². The summed E-state index contributed by atoms with van der Waals surface area (Å²) in [5, 5.41) is 0. The SMILES string of the molecule is CO[Si](C)(C)C=C[Si](C)(C)C=C[Si](C)(C)OC. The molecule has 0 aromatic carbocycles. The van der Waals surface area contributed by atoms with Crippen molar-refractivity contribution in [3.63, 3.8) is 0 Å². The molecule has 0 aliphatic rings. The van der Waals surface area contributed by atoms with E-state index in [1.54, 1.807) is 0 Å². The van der Waals surface area contributed by atoms with E-state index in [4.69, 9.17) is 8.85 Å². The zero-order chi connectivity index (χ0) is 13.7. The van der Waals surface area contributed by atoms with E-state index in [1.165, 1.54) is 0 Å². The van der Waals surface area contributed by atoms with Crippen molar-refractivity contribution in [3.05, 3.63) is 22.8 Å². The average molecular weight is 289 g/mol. The molecular formula is C12H28O2Si3. The summed E-state index contributed by atoms with van der Waals surface area (Å²) in [4.78, 5) is 0. The van der Waals surface area contributed by atoms with Gasteiger partial charge in [-0.15, -0.1) is 0 Å². The normalized spacial score (nSPS) is 15.1. The molecule has 0 aromatic rings. The standard InChI is InChI=1S/C12H28O2Si3/c1-13-16(5,6)11-9-15(3,4)10-12-17(7,8)14-2/h9-12H,1-8H3. The Balaban J connectivity index is 4.71. The third kappa shape index (κ3) is 7.88. The van der Waals surface area contributed by atoms with Crippen molar-refractivity contribution in [1.29, 1.82) is 0 Å². The summed E-state index contributed by atoms with van der Waals surface area (Å²) in [5.74, 6) is 0. The summed E-state index contributed by atoms with van der Waals surface area (Å²) < 4.78 is 11.1. The fraction of sp³-hybridized carbons (Fsp3) is 0.667. The van der Waals surface area contributed by atoms with E-state index in [9.17, 15) is 0 Å². The van der Waals surface area contributed by atoms with Crippen molar-refractivity contribution < 1.29 is 8.85 Å². The molecule has 0 unspecified atom stereocenters. The second kappa shape index (κ2) is 6.29. The Hall–Kier alpha value is 0.0506. The summed E-state index contributed by atoms with van der Waals surface area (Å²) in [6.45, 7) is 13.6. The molecule has 0 N–H and O–H groups in total. The van der Waals surface area contributed by atoms with Crippen LogP contribution in [0.1, 0.15) is 0 Å². The van der Waals surface area contributed by atoms with Crippen molar-refractivity contribution in [2.24, 2.45) is 0 Å². The van der Waals surface area contributed by atoms with Crippen LogP contribution < -0.4 is 0 Å². The van der Waals surface area contributed by atoms with Crippen molar-refractivity contribution >= 4 is 24.7 Å². The van der Waals surface area contributed by atoms with Gasteiger partial charge in [-0.25, -0.2) is 0 Å². The molecule has 5 heteroatoms. The first-order valence-electron chi connectivity index (χ1n) is 6.05. The maximum absolute atomic E-state index is 5.53. The van der Waals surface area contributed by atoms with E-state index < -0.39 is 24.7 Å². The molecule has 0 amide bonds. The maximum atomic E-state index is 5.53. The molecule has 0 radical (unpaired) electrons. The molecule has 0 aliphatic carbocycles. The van der Waals surface area contributed by atoms with Crippen molar-refractivity contribution in [3.8, 4) is 0 Å². The second-order valence-electron chi connectivity index (χ2n) is 6.10. The molecule has 0 saturated carbocycles. The average Bonchev–Trinajstić information content (AvgIpc) is 2.25. The molecule has 0 atom stereocenters. The lowest BCUT2D eigenvalue weighted by atomic mass is 11.2. The van der Waals surface area contributed by atoms with Crippen molar-refractivity contribution in [2.45, 2.75) is 39.3 Å². The van der Waals surface area contributed by atoms with Gasteiger partial charge in [-0.1, -0.05) is 35.9 Å². The van der Waals surface area contributed by atoms with E-state index in [0.717, 1.165) is 0 Å². The minimum atomic E-state index is -1.57. The lowest BCUT2D eigenvalue weighted by Crippen LogP contribution is -2.31. The third-order valence-electron chi connectivity index (χ3n) is 2.88. The largest absolute Gasteiger partial charge is 0.417 e. The first-order chi connectivity index (χ1) is 7.54. The van der Waals surface area contributed by atoms with Gasteiger partial charge in [0.2, 0.25) is 16.6 Å². The number of hydrogen-bond acceptors (Lipinski definition) is 2. The van der Waals surface area contributed by atoms with Crippen LogP contribution in [0, 0.1) is 0 Å². The molecule has 0 fully saturated rings. The van der Waals surface area contributed by atoms with Crippen LogP contribution in [-0.4, -0.2) is 38.9 Å². The molecule has 100 valence electrons. The third-order valence-corrected chi connectivity index (χ3v) is 9.64. The van der Waals surface area contributed by atoms with Gasteiger partial charge in [-0.05, 0) is 26.2 Å². The van der Waals surface area contributed by atoms with Crippen LogP contribution in [0.2, 0.25) is 39.3 Å². The summed E-state index contributed by atoms with van der Waals surface area (Å²) in [6, 6.07) is 0. The zero-order valence-electron chi connectivity index (χ0n) is 12.6. The van der Waals surface area contributed by atoms with Crippen LogP contribution in [0.15, 0.2) is 22.8 Å². The van der Waals surface area contributed by atoms with Crippen LogP contribution in [0.25, 0.3) is 0 Å². The van der Waals surface area contributed by atoms with Gasteiger partial charge in [0, 0.05) is 14.2 Å². The van der Waals surface area contributed by atoms with Gasteiger partial charge < -0.3 is 8.85 Å². The first-order valence-corrected chi connectivity index (χ1v) is 15.2. The highest BCUT2D eigenvalue weighted by molar-refractivity contribution is 6.90. The van der Waals surface area contributed by atoms with E-state index in [-0.39, 0.29) is 0 Å². The van der Waals surface area contributed by atoms with Gasteiger partial charge in [0.15, 0.2) is 0 Å². The monoisotopic (exact) mass is 288 g/mol. The summed E-state index contributed by atoms with van der Waals surface area (Å²) >= 11 is 0. The molecule has 17 heavy (non-hydrogen) atoms. The van der Waals surface area contributed by atoms with E-state index in [0.29, 0.717) is 0 Å². The van der Waals surface area contributed by atoms with E-state index in [1.807, 2.05) is 14.2 Å². The smallest absolute Gasteiger partial charge is 0.209 e. The molecule has 0 aliphatic heterocycles. The predicted octanol–water partition coefficient (Wildman–Crippen LogP) is 3.67. The highest BCUT2D eigenvalue weighted by atomic mass is 28.4. The van der Waals surface area contributed by atoms with Gasteiger partial charge in [0.1, 0.15) is 0 Å². The Morgan fingerprint density at radius 2 is 0.882 bits per heavy atom. The van der Waals surface area contributed by atoms with Crippen LogP contribution in [0.5, 0.6) is 0 Å². The Bertz CT molecular complexity index is 266. The molecule has 0 saturated heterocycles. The van der Waals surface area contributed by atoms with Crippen LogP contribution in [0.4, 0.5) is 0 Å². The quantitative estimate of drug-likeness (QED) is 0.694. The number of hydrogen-bond donors (Lipinski definition) is 0. The molecular weight excluding hydrogens is 260 g/mol. The minimum absolute atomic E-state index is 1.41. The Morgan fingerprint density at radius 3 is 1.12 bits per heavy atom. The molecule has 2 nitrogen and oxygen atoms in total. The maximum Gasteiger partial charge on any atom is 0.209 e. The minimum Gasteiger partial charge on any atom is -0.417 e. The molecule has 0 aromatic heterocycles. The van der Waals surface area contributed by atoms with Gasteiger partial charge in [-0.3, -0.25) is 0 Å². The van der Waals surface area contributed by atoms with Crippen LogP contribution in [0.3, 0.4) is 0 Å². The van der Waals surface area contributed by atoms with E-state index in [2.05, 4.69) is 62.1 Å². The van der Waals surface area contributed by atoms with Gasteiger partial charge in [0.05, 0.1) is 8.07 Å². The Labute approximate surface area is 110 Å². The highest BCUT2D eigenvalue weighted by Crippen LogP contribution is 2.13. The van der Waals surface area contributed by atoms with Crippen molar-refractivity contribution in [2.75, 3.05) is 14.2 Å². The Kier molecular flexibility index (Phi) is 6.30. The Morgan fingerprint density at radius 1 is 0.588 bits per heavy atom. The predicted molar refractivity (Wildman–Crippen MR) is 84.7 cm³/mol. The fourth-order valence-corrected chi connectivity index (χ4v) is 8.05. The summed E-state index contributed by atoms with van der Waals surface area (Å²) in [5.41, 5.74) is 9.40. The zero-order valence-corrected chi connectivity index (χ0v) is 15.6. The van der Waals surface area contributed by atoms with E-state index >= 15 is 0 Å². The topological polar surface area (TPSA) is 18.5 Å². The lowest BCUT2D eigenvalue weighted by molar-refractivity contribution is 0.415. The highest BCUT2D eigenvalue weighted by Gasteiger charge is 2.22. The first kappa shape index (κ1) is 17.1.